The number of nitrogens with zero attached hydrogens (tertiary/aromatic N) is 4. The van der Waals surface area contributed by atoms with Gasteiger partial charge in [0, 0.05) is 50.9 Å². The average molecular weight is 429 g/mol. The maximum Gasteiger partial charge on any atom is 0.233 e. The predicted octanol–water partition coefficient (Wildman–Crippen LogP) is 3.77. The van der Waals surface area contributed by atoms with Crippen LogP contribution in [0.25, 0.3) is 0 Å². The van der Waals surface area contributed by atoms with Crippen LogP contribution >= 0.6 is 11.8 Å². The molecule has 1 saturated heterocycles. The van der Waals surface area contributed by atoms with E-state index in [2.05, 4.69) is 39.1 Å². The van der Waals surface area contributed by atoms with Crippen LogP contribution in [0.15, 0.2) is 29.4 Å². The minimum atomic E-state index is 0.0895. The Morgan fingerprint density at radius 1 is 1.13 bits per heavy atom. The number of aryl methyl sites for hydroxylation is 2. The normalized spacial score (nSPS) is 16.0. The van der Waals surface area contributed by atoms with Crippen molar-refractivity contribution in [1.82, 2.24) is 14.9 Å². The van der Waals surface area contributed by atoms with Crippen molar-refractivity contribution in [3.63, 3.8) is 0 Å². The van der Waals surface area contributed by atoms with E-state index >= 15 is 0 Å². The first-order chi connectivity index (χ1) is 14.3. The van der Waals surface area contributed by atoms with E-state index in [4.69, 9.17) is 4.74 Å². The molecule has 1 amide bonds. The largest absolute Gasteiger partial charge is 0.378 e. The zero-order valence-corrected chi connectivity index (χ0v) is 19.5. The van der Waals surface area contributed by atoms with Crippen molar-refractivity contribution in [2.24, 2.45) is 0 Å². The summed E-state index contributed by atoms with van der Waals surface area (Å²) in [5.74, 6) is 0.413. The van der Waals surface area contributed by atoms with E-state index in [9.17, 15) is 4.79 Å². The van der Waals surface area contributed by atoms with E-state index in [1.807, 2.05) is 39.8 Å². The number of ether oxygens (including phenoxy) is 1. The Hall–Kier alpha value is -2.12. The molecular formula is C23H32N4O2S. The van der Waals surface area contributed by atoms with Gasteiger partial charge in [-0.1, -0.05) is 23.9 Å². The highest BCUT2D eigenvalue weighted by molar-refractivity contribution is 7.99. The van der Waals surface area contributed by atoms with Gasteiger partial charge in [-0.3, -0.25) is 4.79 Å². The second-order valence-corrected chi connectivity index (χ2v) is 9.00. The minimum absolute atomic E-state index is 0.0895. The first kappa shape index (κ1) is 22.6. The Balaban J connectivity index is 1.68. The van der Waals surface area contributed by atoms with Crippen molar-refractivity contribution in [3.05, 3.63) is 46.8 Å². The van der Waals surface area contributed by atoms with Crippen LogP contribution in [-0.2, 0) is 16.1 Å². The predicted molar refractivity (Wildman–Crippen MR) is 122 cm³/mol. The molecule has 30 heavy (non-hydrogen) atoms. The number of hydrogen-bond acceptors (Lipinski definition) is 6. The number of amides is 1. The van der Waals surface area contributed by atoms with E-state index in [1.54, 1.807) is 0 Å². The lowest BCUT2D eigenvalue weighted by Crippen LogP contribution is -2.38. The number of benzene rings is 1. The molecule has 0 radical (unpaired) electrons. The quantitative estimate of drug-likeness (QED) is 0.471. The number of anilines is 1. The first-order valence-corrected chi connectivity index (χ1v) is 11.4. The van der Waals surface area contributed by atoms with Crippen molar-refractivity contribution >= 4 is 23.4 Å². The van der Waals surface area contributed by atoms with E-state index in [-0.39, 0.29) is 12.0 Å². The lowest BCUT2D eigenvalue weighted by Gasteiger charge is -2.26. The number of carbonyl (C=O) groups is 1. The maximum absolute atomic E-state index is 13.1. The minimum Gasteiger partial charge on any atom is -0.378 e. The highest BCUT2D eigenvalue weighted by atomic mass is 32.2. The summed E-state index contributed by atoms with van der Waals surface area (Å²) in [7, 11) is 4.05. The summed E-state index contributed by atoms with van der Waals surface area (Å²) >= 11 is 1.41. The number of carbonyl (C=O) groups excluding carboxylic acids is 1. The van der Waals surface area contributed by atoms with Crippen LogP contribution in [0, 0.1) is 20.8 Å². The Morgan fingerprint density at radius 2 is 1.80 bits per heavy atom. The average Bonchev–Trinajstić information content (AvgIpc) is 3.23. The molecule has 0 N–H and O–H groups in total. The number of thioether (sulfide) groups is 1. The van der Waals surface area contributed by atoms with E-state index in [0.29, 0.717) is 24.0 Å². The van der Waals surface area contributed by atoms with Crippen molar-refractivity contribution in [3.8, 4) is 0 Å². The van der Waals surface area contributed by atoms with Crippen LogP contribution in [0.2, 0.25) is 0 Å². The molecule has 0 aliphatic carbocycles. The Morgan fingerprint density at radius 3 is 2.37 bits per heavy atom. The summed E-state index contributed by atoms with van der Waals surface area (Å²) in [4.78, 5) is 26.2. The maximum atomic E-state index is 13.1. The summed E-state index contributed by atoms with van der Waals surface area (Å²) in [5.41, 5.74) is 5.31. The van der Waals surface area contributed by atoms with Gasteiger partial charge in [-0.05, 0) is 56.9 Å². The number of hydrogen-bond donors (Lipinski definition) is 0. The zero-order chi connectivity index (χ0) is 21.7. The summed E-state index contributed by atoms with van der Waals surface area (Å²) in [6, 6.07) is 8.36. The van der Waals surface area contributed by atoms with Gasteiger partial charge in [-0.15, -0.1) is 0 Å². The van der Waals surface area contributed by atoms with Crippen molar-refractivity contribution < 1.29 is 9.53 Å². The topological polar surface area (TPSA) is 58.6 Å². The third-order valence-electron chi connectivity index (χ3n) is 5.56. The first-order valence-electron chi connectivity index (χ1n) is 10.4. The molecule has 0 bridgehead atoms. The molecule has 2 heterocycles. The molecule has 6 nitrogen and oxygen atoms in total. The Kier molecular flexibility index (Phi) is 7.72. The SMILES string of the molecule is Cc1nc(SCC(=O)N(Cc2ccc(N(C)C)cc2)C[C@@H]2CCCO2)nc(C)c1C. The van der Waals surface area contributed by atoms with E-state index < -0.39 is 0 Å². The molecular weight excluding hydrogens is 396 g/mol. The lowest BCUT2D eigenvalue weighted by atomic mass is 10.1. The number of aromatic nitrogens is 2. The van der Waals surface area contributed by atoms with Gasteiger partial charge in [0.2, 0.25) is 5.91 Å². The molecule has 0 saturated carbocycles. The van der Waals surface area contributed by atoms with Crippen LogP contribution < -0.4 is 4.90 Å². The van der Waals surface area contributed by atoms with Gasteiger partial charge in [-0.25, -0.2) is 9.97 Å². The fourth-order valence-corrected chi connectivity index (χ4v) is 4.27. The van der Waals surface area contributed by atoms with Gasteiger partial charge in [-0.2, -0.15) is 0 Å². The van der Waals surface area contributed by atoms with Crippen molar-refractivity contribution in [2.45, 2.75) is 51.4 Å². The fraction of sp³-hybridized carbons (Fsp3) is 0.522. The highest BCUT2D eigenvalue weighted by Gasteiger charge is 2.23. The van der Waals surface area contributed by atoms with Crippen LogP contribution in [0.3, 0.4) is 0 Å². The number of rotatable bonds is 8. The molecule has 2 aromatic rings. The Bertz CT molecular complexity index is 841. The van der Waals surface area contributed by atoms with Crippen molar-refractivity contribution in [2.75, 3.05) is 37.9 Å². The summed E-state index contributed by atoms with van der Waals surface area (Å²) < 4.78 is 5.80. The molecule has 0 spiro atoms. The van der Waals surface area contributed by atoms with E-state index in [0.717, 1.165) is 47.7 Å². The monoisotopic (exact) mass is 428 g/mol. The van der Waals surface area contributed by atoms with Gasteiger partial charge < -0.3 is 14.5 Å². The fourth-order valence-electron chi connectivity index (χ4n) is 3.43. The molecule has 1 aromatic heterocycles. The summed E-state index contributed by atoms with van der Waals surface area (Å²) in [5, 5.41) is 0.663. The van der Waals surface area contributed by atoms with Crippen LogP contribution in [-0.4, -0.2) is 59.9 Å². The molecule has 7 heteroatoms. The second-order valence-electron chi connectivity index (χ2n) is 8.06. The molecule has 1 atom stereocenters. The molecule has 1 aliphatic heterocycles. The van der Waals surface area contributed by atoms with Gasteiger partial charge in [0.25, 0.3) is 0 Å². The summed E-state index contributed by atoms with van der Waals surface area (Å²) in [6.45, 7) is 7.99. The van der Waals surface area contributed by atoms with Gasteiger partial charge in [0.15, 0.2) is 5.16 Å². The standard InChI is InChI=1S/C23H32N4O2S/c1-16-17(2)24-23(25-18(16)3)30-15-22(28)27(14-21-7-6-12-29-21)13-19-8-10-20(11-9-19)26(4)5/h8-11,21H,6-7,12-15H2,1-5H3/t21-/m0/s1. The molecule has 1 aliphatic rings. The third-order valence-corrected chi connectivity index (χ3v) is 6.40. The van der Waals surface area contributed by atoms with Crippen molar-refractivity contribution in [1.29, 1.82) is 0 Å². The van der Waals surface area contributed by atoms with Gasteiger partial charge >= 0.3 is 0 Å². The molecule has 162 valence electrons. The second kappa shape index (κ2) is 10.3. The zero-order valence-electron chi connectivity index (χ0n) is 18.6. The smallest absolute Gasteiger partial charge is 0.233 e. The molecule has 1 aromatic carbocycles. The highest BCUT2D eigenvalue weighted by Crippen LogP contribution is 2.21. The molecule has 1 fully saturated rings. The molecule has 0 unspecified atom stereocenters. The van der Waals surface area contributed by atoms with Crippen LogP contribution in [0.1, 0.15) is 35.4 Å². The van der Waals surface area contributed by atoms with E-state index in [1.165, 1.54) is 11.8 Å². The van der Waals surface area contributed by atoms with Crippen LogP contribution in [0.5, 0.6) is 0 Å². The van der Waals surface area contributed by atoms with Gasteiger partial charge in [0.05, 0.1) is 11.9 Å². The Labute approximate surface area is 184 Å². The summed E-state index contributed by atoms with van der Waals surface area (Å²) in [6.07, 6.45) is 2.20. The third kappa shape index (κ3) is 5.95. The van der Waals surface area contributed by atoms with Gasteiger partial charge in [0.1, 0.15) is 0 Å². The van der Waals surface area contributed by atoms with Crippen LogP contribution in [0.4, 0.5) is 5.69 Å². The lowest BCUT2D eigenvalue weighted by molar-refractivity contribution is -0.130. The molecule has 3 rings (SSSR count).